The molecule has 0 unspecified atom stereocenters. The fraction of sp³-hybridized carbons (Fsp3) is 0.263. The van der Waals surface area contributed by atoms with E-state index in [4.69, 9.17) is 4.74 Å². The number of ether oxygens (including phenoxy) is 1. The smallest absolute Gasteiger partial charge is 0.325 e. The van der Waals surface area contributed by atoms with Crippen molar-refractivity contribution in [2.75, 3.05) is 31.6 Å². The topological polar surface area (TPSA) is 61.9 Å². The van der Waals surface area contributed by atoms with E-state index in [1.165, 1.54) is 15.9 Å². The Morgan fingerprint density at radius 1 is 1.15 bits per heavy atom. The van der Waals surface area contributed by atoms with Crippen LogP contribution in [0.2, 0.25) is 0 Å². The van der Waals surface area contributed by atoms with E-state index >= 15 is 0 Å². The SMILES string of the molecule is COc1cccc(CNC(=O)CN2CCN(c3ccc(F)c(F)c3)C2=O)c1. The lowest BCUT2D eigenvalue weighted by molar-refractivity contribution is -0.121. The molecule has 1 N–H and O–H groups in total. The van der Waals surface area contributed by atoms with E-state index in [-0.39, 0.29) is 18.1 Å². The molecule has 142 valence electrons. The molecular weight excluding hydrogens is 356 g/mol. The summed E-state index contributed by atoms with van der Waals surface area (Å²) in [6, 6.07) is 10.2. The van der Waals surface area contributed by atoms with Crippen molar-refractivity contribution in [2.45, 2.75) is 6.54 Å². The number of amides is 3. The van der Waals surface area contributed by atoms with Gasteiger partial charge in [0.2, 0.25) is 5.91 Å². The van der Waals surface area contributed by atoms with E-state index < -0.39 is 17.7 Å². The summed E-state index contributed by atoms with van der Waals surface area (Å²) < 4.78 is 31.6. The van der Waals surface area contributed by atoms with Crippen LogP contribution in [0.3, 0.4) is 0 Å². The summed E-state index contributed by atoms with van der Waals surface area (Å²) in [5, 5.41) is 2.75. The molecule has 0 bridgehead atoms. The van der Waals surface area contributed by atoms with Gasteiger partial charge < -0.3 is 15.0 Å². The van der Waals surface area contributed by atoms with Gasteiger partial charge in [-0.1, -0.05) is 12.1 Å². The summed E-state index contributed by atoms with van der Waals surface area (Å²) in [5.41, 5.74) is 1.14. The number of halogens is 2. The van der Waals surface area contributed by atoms with Crippen LogP contribution in [0.25, 0.3) is 0 Å². The normalized spacial score (nSPS) is 13.8. The number of hydrogen-bond acceptors (Lipinski definition) is 3. The van der Waals surface area contributed by atoms with Gasteiger partial charge in [-0.3, -0.25) is 9.69 Å². The molecule has 0 aliphatic carbocycles. The third kappa shape index (κ3) is 4.33. The van der Waals surface area contributed by atoms with Crippen molar-refractivity contribution in [2.24, 2.45) is 0 Å². The Kier molecular flexibility index (Phi) is 5.54. The molecule has 0 aromatic heterocycles. The van der Waals surface area contributed by atoms with E-state index in [2.05, 4.69) is 5.32 Å². The number of carbonyl (C=O) groups excluding carboxylic acids is 2. The summed E-state index contributed by atoms with van der Waals surface area (Å²) in [4.78, 5) is 27.3. The fourth-order valence-electron chi connectivity index (χ4n) is 2.83. The van der Waals surface area contributed by atoms with Gasteiger partial charge in [0, 0.05) is 31.4 Å². The molecule has 1 heterocycles. The maximum atomic E-state index is 13.4. The minimum atomic E-state index is -1.02. The first kappa shape index (κ1) is 18.6. The van der Waals surface area contributed by atoms with Gasteiger partial charge in [0.25, 0.3) is 0 Å². The van der Waals surface area contributed by atoms with E-state index in [9.17, 15) is 18.4 Å². The Morgan fingerprint density at radius 2 is 1.96 bits per heavy atom. The molecule has 0 atom stereocenters. The molecule has 27 heavy (non-hydrogen) atoms. The van der Waals surface area contributed by atoms with Crippen molar-refractivity contribution in [1.82, 2.24) is 10.2 Å². The Morgan fingerprint density at radius 3 is 2.70 bits per heavy atom. The maximum Gasteiger partial charge on any atom is 0.325 e. The van der Waals surface area contributed by atoms with Crippen molar-refractivity contribution in [3.8, 4) is 5.75 Å². The van der Waals surface area contributed by atoms with Crippen LogP contribution in [0, 0.1) is 11.6 Å². The number of nitrogens with one attached hydrogen (secondary N) is 1. The third-order valence-electron chi connectivity index (χ3n) is 4.27. The largest absolute Gasteiger partial charge is 0.497 e. The average Bonchev–Trinajstić information content (AvgIpc) is 3.03. The molecule has 1 aliphatic heterocycles. The van der Waals surface area contributed by atoms with Crippen LogP contribution in [0.15, 0.2) is 42.5 Å². The predicted octanol–water partition coefficient (Wildman–Crippen LogP) is 2.53. The number of methoxy groups -OCH3 is 1. The van der Waals surface area contributed by atoms with E-state index in [1.54, 1.807) is 13.2 Å². The zero-order valence-corrected chi connectivity index (χ0v) is 14.7. The second kappa shape index (κ2) is 8.03. The van der Waals surface area contributed by atoms with Crippen molar-refractivity contribution >= 4 is 17.6 Å². The van der Waals surface area contributed by atoms with Gasteiger partial charge in [-0.15, -0.1) is 0 Å². The highest BCUT2D eigenvalue weighted by atomic mass is 19.2. The summed E-state index contributed by atoms with van der Waals surface area (Å²) >= 11 is 0. The van der Waals surface area contributed by atoms with Gasteiger partial charge in [0.05, 0.1) is 7.11 Å². The molecule has 2 aromatic rings. The number of hydrogen-bond donors (Lipinski definition) is 1. The Hall–Kier alpha value is -3.16. The lowest BCUT2D eigenvalue weighted by Crippen LogP contribution is -2.39. The lowest BCUT2D eigenvalue weighted by Gasteiger charge is -2.18. The molecule has 2 aromatic carbocycles. The molecule has 3 amide bonds. The Labute approximate surface area is 155 Å². The minimum absolute atomic E-state index is 0.108. The van der Waals surface area contributed by atoms with Gasteiger partial charge in [0.1, 0.15) is 12.3 Å². The standard InChI is InChI=1S/C19H19F2N3O3/c1-27-15-4-2-3-13(9-15)11-22-18(25)12-23-7-8-24(19(23)26)14-5-6-16(20)17(21)10-14/h2-6,9-10H,7-8,11-12H2,1H3,(H,22,25). The highest BCUT2D eigenvalue weighted by Gasteiger charge is 2.31. The number of rotatable bonds is 6. The fourth-order valence-corrected chi connectivity index (χ4v) is 2.83. The number of nitrogens with zero attached hydrogens (tertiary/aromatic N) is 2. The minimum Gasteiger partial charge on any atom is -0.497 e. The van der Waals surface area contributed by atoms with Crippen LogP contribution < -0.4 is 15.0 Å². The highest BCUT2D eigenvalue weighted by Crippen LogP contribution is 2.22. The van der Waals surface area contributed by atoms with Crippen molar-refractivity contribution < 1.29 is 23.1 Å². The highest BCUT2D eigenvalue weighted by molar-refractivity contribution is 5.96. The molecule has 0 radical (unpaired) electrons. The summed E-state index contributed by atoms with van der Waals surface area (Å²) in [5.74, 6) is -1.61. The monoisotopic (exact) mass is 375 g/mol. The third-order valence-corrected chi connectivity index (χ3v) is 4.27. The lowest BCUT2D eigenvalue weighted by atomic mass is 10.2. The average molecular weight is 375 g/mol. The first-order valence-corrected chi connectivity index (χ1v) is 8.39. The van der Waals surface area contributed by atoms with Gasteiger partial charge in [-0.05, 0) is 29.8 Å². The molecule has 8 heteroatoms. The zero-order valence-electron chi connectivity index (χ0n) is 14.7. The van der Waals surface area contributed by atoms with Gasteiger partial charge in [-0.25, -0.2) is 13.6 Å². The van der Waals surface area contributed by atoms with Crippen LogP contribution in [0.5, 0.6) is 5.75 Å². The predicted molar refractivity (Wildman–Crippen MR) is 95.5 cm³/mol. The van der Waals surface area contributed by atoms with Crippen molar-refractivity contribution in [3.63, 3.8) is 0 Å². The molecule has 3 rings (SSSR count). The van der Waals surface area contributed by atoms with Crippen LogP contribution >= 0.6 is 0 Å². The number of anilines is 1. The van der Waals surface area contributed by atoms with Gasteiger partial charge >= 0.3 is 6.03 Å². The maximum absolute atomic E-state index is 13.4. The number of urea groups is 1. The second-order valence-electron chi connectivity index (χ2n) is 6.08. The molecule has 1 fully saturated rings. The first-order valence-electron chi connectivity index (χ1n) is 8.39. The van der Waals surface area contributed by atoms with Crippen molar-refractivity contribution in [3.05, 3.63) is 59.7 Å². The summed E-state index contributed by atoms with van der Waals surface area (Å²) in [7, 11) is 1.56. The van der Waals surface area contributed by atoms with Crippen LogP contribution in [-0.4, -0.2) is 43.6 Å². The van der Waals surface area contributed by atoms with Crippen LogP contribution in [0.4, 0.5) is 19.3 Å². The molecule has 0 spiro atoms. The van der Waals surface area contributed by atoms with E-state index in [0.29, 0.717) is 25.4 Å². The quantitative estimate of drug-likeness (QED) is 0.844. The summed E-state index contributed by atoms with van der Waals surface area (Å²) in [6.07, 6.45) is 0. The first-order chi connectivity index (χ1) is 13.0. The van der Waals surface area contributed by atoms with Crippen LogP contribution in [0.1, 0.15) is 5.56 Å². The zero-order chi connectivity index (χ0) is 19.4. The second-order valence-corrected chi connectivity index (χ2v) is 6.08. The molecule has 1 saturated heterocycles. The van der Waals surface area contributed by atoms with Gasteiger partial charge in [-0.2, -0.15) is 0 Å². The Balaban J connectivity index is 1.55. The summed E-state index contributed by atoms with van der Waals surface area (Å²) in [6.45, 7) is 0.825. The number of benzene rings is 2. The number of carbonyl (C=O) groups is 2. The molecular formula is C19H19F2N3O3. The van der Waals surface area contributed by atoms with E-state index in [1.807, 2.05) is 18.2 Å². The molecule has 6 nitrogen and oxygen atoms in total. The Bertz CT molecular complexity index is 860. The van der Waals surface area contributed by atoms with Crippen LogP contribution in [-0.2, 0) is 11.3 Å². The molecule has 0 saturated carbocycles. The molecule has 1 aliphatic rings. The van der Waals surface area contributed by atoms with Gasteiger partial charge in [0.15, 0.2) is 11.6 Å². The van der Waals surface area contributed by atoms with Crippen molar-refractivity contribution in [1.29, 1.82) is 0 Å². The van der Waals surface area contributed by atoms with E-state index in [0.717, 1.165) is 17.7 Å².